The van der Waals surface area contributed by atoms with Gasteiger partial charge in [0, 0.05) is 13.1 Å². The Morgan fingerprint density at radius 3 is 3.06 bits per heavy atom. The molecular formula is C13H20N4O. The van der Waals surface area contributed by atoms with Crippen LogP contribution in [0.25, 0.3) is 0 Å². The summed E-state index contributed by atoms with van der Waals surface area (Å²) in [6.45, 7) is 6.69. The third-order valence-electron chi connectivity index (χ3n) is 4.23. The first-order valence-corrected chi connectivity index (χ1v) is 6.53. The van der Waals surface area contributed by atoms with Crippen LogP contribution in [0.4, 0.5) is 11.5 Å². The average molecular weight is 248 g/mol. The van der Waals surface area contributed by atoms with Crippen molar-refractivity contribution < 1.29 is 4.74 Å². The molecule has 3 heterocycles. The molecule has 2 aliphatic heterocycles. The minimum absolute atomic E-state index is 0.321. The average Bonchev–Trinajstić information content (AvgIpc) is 2.37. The summed E-state index contributed by atoms with van der Waals surface area (Å²) in [4.78, 5) is 11.0. The number of ether oxygens (including phenoxy) is 1. The maximum absolute atomic E-state index is 5.30. The number of piperidine rings is 1. The molecule has 98 valence electrons. The SMILES string of the molecule is COc1ncnc2c1NCC1N2CCCC1(C)C. The van der Waals surface area contributed by atoms with E-state index in [1.807, 2.05) is 0 Å². The highest BCUT2D eigenvalue weighted by Gasteiger charge is 2.41. The third-order valence-corrected chi connectivity index (χ3v) is 4.23. The lowest BCUT2D eigenvalue weighted by atomic mass is 9.75. The minimum Gasteiger partial charge on any atom is -0.479 e. The molecule has 0 radical (unpaired) electrons. The van der Waals surface area contributed by atoms with E-state index in [9.17, 15) is 0 Å². The summed E-state index contributed by atoms with van der Waals surface area (Å²) < 4.78 is 5.30. The summed E-state index contributed by atoms with van der Waals surface area (Å²) >= 11 is 0. The molecule has 0 saturated carbocycles. The lowest BCUT2D eigenvalue weighted by molar-refractivity contribution is 0.215. The minimum atomic E-state index is 0.321. The fraction of sp³-hybridized carbons (Fsp3) is 0.692. The molecule has 1 aromatic rings. The van der Waals surface area contributed by atoms with Gasteiger partial charge < -0.3 is 15.0 Å². The number of nitrogens with zero attached hydrogens (tertiary/aromatic N) is 3. The first-order valence-electron chi connectivity index (χ1n) is 6.53. The van der Waals surface area contributed by atoms with Crippen LogP contribution in [0.15, 0.2) is 6.33 Å². The molecule has 5 nitrogen and oxygen atoms in total. The van der Waals surface area contributed by atoms with Crippen LogP contribution in [-0.2, 0) is 0 Å². The zero-order chi connectivity index (χ0) is 12.8. The molecule has 1 fully saturated rings. The Morgan fingerprint density at radius 2 is 2.28 bits per heavy atom. The van der Waals surface area contributed by atoms with E-state index in [-0.39, 0.29) is 0 Å². The van der Waals surface area contributed by atoms with Crippen molar-refractivity contribution in [1.82, 2.24) is 9.97 Å². The summed E-state index contributed by atoms with van der Waals surface area (Å²) in [5, 5.41) is 3.45. The number of rotatable bonds is 1. The molecular weight excluding hydrogens is 228 g/mol. The number of anilines is 2. The molecule has 3 rings (SSSR count). The summed E-state index contributed by atoms with van der Waals surface area (Å²) in [6, 6.07) is 0.498. The van der Waals surface area contributed by atoms with E-state index in [1.54, 1.807) is 13.4 Å². The second-order valence-electron chi connectivity index (χ2n) is 5.76. The molecule has 0 amide bonds. The Hall–Kier alpha value is -1.52. The molecule has 1 unspecified atom stereocenters. The van der Waals surface area contributed by atoms with Gasteiger partial charge in [-0.25, -0.2) is 4.98 Å². The van der Waals surface area contributed by atoms with Crippen molar-refractivity contribution in [2.45, 2.75) is 32.7 Å². The highest BCUT2D eigenvalue weighted by atomic mass is 16.5. The summed E-state index contributed by atoms with van der Waals surface area (Å²) in [6.07, 6.45) is 4.08. The van der Waals surface area contributed by atoms with Crippen molar-refractivity contribution in [2.75, 3.05) is 30.4 Å². The largest absolute Gasteiger partial charge is 0.479 e. The second kappa shape index (κ2) is 4.00. The lowest BCUT2D eigenvalue weighted by Gasteiger charge is -2.50. The van der Waals surface area contributed by atoms with E-state index in [0.29, 0.717) is 17.3 Å². The van der Waals surface area contributed by atoms with Crippen LogP contribution >= 0.6 is 0 Å². The van der Waals surface area contributed by atoms with Gasteiger partial charge in [0.2, 0.25) is 5.88 Å². The van der Waals surface area contributed by atoms with Crippen LogP contribution < -0.4 is 15.0 Å². The van der Waals surface area contributed by atoms with Crippen LogP contribution in [0.1, 0.15) is 26.7 Å². The van der Waals surface area contributed by atoms with Crippen LogP contribution in [0.3, 0.4) is 0 Å². The van der Waals surface area contributed by atoms with Crippen LogP contribution in [0.2, 0.25) is 0 Å². The maximum atomic E-state index is 5.30. The molecule has 1 saturated heterocycles. The number of methoxy groups -OCH3 is 1. The van der Waals surface area contributed by atoms with Crippen molar-refractivity contribution in [3.63, 3.8) is 0 Å². The van der Waals surface area contributed by atoms with Gasteiger partial charge in [-0.2, -0.15) is 4.98 Å². The van der Waals surface area contributed by atoms with Gasteiger partial charge >= 0.3 is 0 Å². The number of nitrogens with one attached hydrogen (secondary N) is 1. The van der Waals surface area contributed by atoms with Crippen LogP contribution in [-0.4, -0.2) is 36.2 Å². The molecule has 1 atom stereocenters. The van der Waals surface area contributed by atoms with E-state index in [0.717, 1.165) is 24.6 Å². The first kappa shape index (κ1) is 11.6. The van der Waals surface area contributed by atoms with Gasteiger partial charge in [0.25, 0.3) is 0 Å². The molecule has 1 N–H and O–H groups in total. The Bertz CT molecular complexity index is 460. The topological polar surface area (TPSA) is 50.3 Å². The van der Waals surface area contributed by atoms with Crippen LogP contribution in [0, 0.1) is 5.41 Å². The summed E-state index contributed by atoms with van der Waals surface area (Å²) in [5.41, 5.74) is 1.26. The van der Waals surface area contributed by atoms with Crippen molar-refractivity contribution >= 4 is 11.5 Å². The van der Waals surface area contributed by atoms with Gasteiger partial charge in [-0.05, 0) is 18.3 Å². The van der Waals surface area contributed by atoms with Crippen molar-refractivity contribution in [3.05, 3.63) is 6.33 Å². The first-order chi connectivity index (χ1) is 8.63. The van der Waals surface area contributed by atoms with E-state index in [4.69, 9.17) is 4.74 Å². The molecule has 5 heteroatoms. The van der Waals surface area contributed by atoms with E-state index in [1.165, 1.54) is 12.8 Å². The highest BCUT2D eigenvalue weighted by molar-refractivity contribution is 5.73. The normalized spacial score (nSPS) is 24.8. The van der Waals surface area contributed by atoms with E-state index >= 15 is 0 Å². The molecule has 0 aromatic carbocycles. The van der Waals surface area contributed by atoms with Crippen molar-refractivity contribution in [3.8, 4) is 5.88 Å². The fourth-order valence-corrected chi connectivity index (χ4v) is 3.18. The molecule has 18 heavy (non-hydrogen) atoms. The Kier molecular flexibility index (Phi) is 2.57. The van der Waals surface area contributed by atoms with Crippen LogP contribution in [0.5, 0.6) is 5.88 Å². The second-order valence-corrected chi connectivity index (χ2v) is 5.76. The van der Waals surface area contributed by atoms with Gasteiger partial charge in [-0.1, -0.05) is 13.8 Å². The molecule has 2 aliphatic rings. The zero-order valence-corrected chi connectivity index (χ0v) is 11.2. The van der Waals surface area contributed by atoms with Crippen molar-refractivity contribution in [2.24, 2.45) is 5.41 Å². The lowest BCUT2D eigenvalue weighted by Crippen LogP contribution is -2.56. The predicted molar refractivity (Wildman–Crippen MR) is 71.2 cm³/mol. The number of hydrogen-bond donors (Lipinski definition) is 1. The van der Waals surface area contributed by atoms with E-state index in [2.05, 4.69) is 34.0 Å². The number of hydrogen-bond acceptors (Lipinski definition) is 5. The van der Waals surface area contributed by atoms with Gasteiger partial charge in [-0.3, -0.25) is 0 Å². The molecule has 0 bridgehead atoms. The fourth-order valence-electron chi connectivity index (χ4n) is 3.18. The Balaban J connectivity index is 2.03. The summed E-state index contributed by atoms with van der Waals surface area (Å²) in [7, 11) is 1.65. The van der Waals surface area contributed by atoms with Gasteiger partial charge in [0.1, 0.15) is 12.0 Å². The van der Waals surface area contributed by atoms with Crippen molar-refractivity contribution in [1.29, 1.82) is 0 Å². The zero-order valence-electron chi connectivity index (χ0n) is 11.2. The van der Waals surface area contributed by atoms with Gasteiger partial charge in [0.15, 0.2) is 5.82 Å². The quantitative estimate of drug-likeness (QED) is 0.822. The van der Waals surface area contributed by atoms with Gasteiger partial charge in [-0.15, -0.1) is 0 Å². The number of fused-ring (bicyclic) bond motifs is 3. The Morgan fingerprint density at radius 1 is 1.44 bits per heavy atom. The third kappa shape index (κ3) is 1.61. The maximum Gasteiger partial charge on any atom is 0.242 e. The standard InChI is InChI=1S/C13H20N4O/c1-13(2)5-4-6-17-9(13)7-14-10-11(17)15-8-16-12(10)18-3/h8-9,14H,4-7H2,1-3H3. The van der Waals surface area contributed by atoms with Gasteiger partial charge in [0.05, 0.1) is 13.2 Å². The monoisotopic (exact) mass is 248 g/mol. The Labute approximate surface area is 108 Å². The van der Waals surface area contributed by atoms with E-state index < -0.39 is 0 Å². The summed E-state index contributed by atoms with van der Waals surface area (Å²) in [5.74, 6) is 1.63. The number of aromatic nitrogens is 2. The smallest absolute Gasteiger partial charge is 0.242 e. The molecule has 0 spiro atoms. The molecule has 1 aromatic heterocycles. The predicted octanol–water partition coefficient (Wildman–Crippen LogP) is 1.91. The highest BCUT2D eigenvalue weighted by Crippen LogP contribution is 2.43. The molecule has 0 aliphatic carbocycles.